The molecule has 10 heteroatoms. The van der Waals surface area contributed by atoms with Crippen molar-refractivity contribution in [3.8, 4) is 6.01 Å². The third-order valence-electron chi connectivity index (χ3n) is 8.07. The van der Waals surface area contributed by atoms with Crippen LogP contribution < -0.4 is 14.5 Å². The standard InChI is InChI=1S/C31H35N7O3/c1-4-28(39)38-13-12-37(19-23(38)17-32-3)30-25-10-11-36(27-18-33-16-22-7-5-6-21(2)29(22)27)20-26(25)34-31(35-30)41-15-14-40-24-8-9-24/h4-7,16,18,23-24H,1,8-15,17,19-20H2,2H3/t23-/m0/s1. The van der Waals surface area contributed by atoms with Gasteiger partial charge in [-0.25, -0.2) is 6.57 Å². The van der Waals surface area contributed by atoms with Crippen molar-refractivity contribution in [2.75, 3.05) is 55.7 Å². The van der Waals surface area contributed by atoms with Gasteiger partial charge in [0.1, 0.15) is 18.5 Å². The summed E-state index contributed by atoms with van der Waals surface area (Å²) in [6.07, 6.45) is 8.53. The van der Waals surface area contributed by atoms with Crippen molar-refractivity contribution in [1.29, 1.82) is 0 Å². The molecular weight excluding hydrogens is 518 g/mol. The number of piperazine rings is 1. The second-order valence-corrected chi connectivity index (χ2v) is 10.9. The van der Waals surface area contributed by atoms with Gasteiger partial charge < -0.3 is 29.0 Å². The van der Waals surface area contributed by atoms with E-state index in [2.05, 4.69) is 51.3 Å². The van der Waals surface area contributed by atoms with Gasteiger partial charge in [-0.2, -0.15) is 9.97 Å². The zero-order chi connectivity index (χ0) is 28.3. The maximum Gasteiger partial charge on any atom is 0.318 e. The van der Waals surface area contributed by atoms with Gasteiger partial charge in [-0.3, -0.25) is 9.78 Å². The van der Waals surface area contributed by atoms with E-state index in [-0.39, 0.29) is 18.5 Å². The van der Waals surface area contributed by atoms with E-state index in [1.54, 1.807) is 4.90 Å². The molecule has 0 unspecified atom stereocenters. The number of amides is 1. The third kappa shape index (κ3) is 5.68. The number of fused-ring (bicyclic) bond motifs is 2. The van der Waals surface area contributed by atoms with E-state index in [0.717, 1.165) is 54.0 Å². The fourth-order valence-corrected chi connectivity index (χ4v) is 5.86. The van der Waals surface area contributed by atoms with E-state index in [1.807, 2.05) is 12.4 Å². The first-order chi connectivity index (χ1) is 20.1. The number of carbonyl (C=O) groups excluding carboxylic acids is 1. The molecule has 1 aromatic carbocycles. The molecule has 0 N–H and O–H groups in total. The number of anilines is 2. The molecule has 2 fully saturated rings. The Morgan fingerprint density at radius 1 is 1.17 bits per heavy atom. The molecule has 0 bridgehead atoms. The number of hydrogen-bond acceptors (Lipinski definition) is 8. The van der Waals surface area contributed by atoms with Crippen LogP contribution in [-0.2, 0) is 22.5 Å². The number of aromatic nitrogens is 3. The lowest BCUT2D eigenvalue weighted by molar-refractivity contribution is -0.128. The number of pyridine rings is 1. The van der Waals surface area contributed by atoms with Gasteiger partial charge in [0.25, 0.3) is 0 Å². The largest absolute Gasteiger partial charge is 0.461 e. The van der Waals surface area contributed by atoms with Crippen LogP contribution in [-0.4, -0.2) is 83.8 Å². The number of nitrogens with zero attached hydrogens (tertiary/aromatic N) is 7. The molecule has 2 aromatic heterocycles. The highest BCUT2D eigenvalue weighted by atomic mass is 16.5. The van der Waals surface area contributed by atoms with E-state index in [0.29, 0.717) is 51.5 Å². The van der Waals surface area contributed by atoms with Crippen LogP contribution in [0.25, 0.3) is 15.6 Å². The molecule has 1 saturated carbocycles. The Morgan fingerprint density at radius 2 is 2.05 bits per heavy atom. The highest BCUT2D eigenvalue weighted by Gasteiger charge is 2.35. The van der Waals surface area contributed by atoms with Gasteiger partial charge in [0.15, 0.2) is 0 Å². The van der Waals surface area contributed by atoms with Crippen molar-refractivity contribution in [1.82, 2.24) is 19.9 Å². The minimum Gasteiger partial charge on any atom is -0.461 e. The summed E-state index contributed by atoms with van der Waals surface area (Å²) in [4.78, 5) is 36.7. The van der Waals surface area contributed by atoms with Crippen molar-refractivity contribution in [3.05, 3.63) is 71.5 Å². The lowest BCUT2D eigenvalue weighted by atomic mass is 10.0. The summed E-state index contributed by atoms with van der Waals surface area (Å²) in [5, 5.41) is 2.33. The normalized spacial score (nSPS) is 18.6. The van der Waals surface area contributed by atoms with Crippen LogP contribution in [0.2, 0.25) is 0 Å². The molecule has 1 amide bonds. The maximum absolute atomic E-state index is 12.5. The number of carbonyl (C=O) groups is 1. The third-order valence-corrected chi connectivity index (χ3v) is 8.07. The number of ether oxygens (including phenoxy) is 2. The topological polar surface area (TPSA) is 88.3 Å². The van der Waals surface area contributed by atoms with Crippen LogP contribution in [0, 0.1) is 13.5 Å². The smallest absolute Gasteiger partial charge is 0.318 e. The first-order valence-corrected chi connectivity index (χ1v) is 14.3. The minimum atomic E-state index is -0.238. The first kappa shape index (κ1) is 27.0. The molecule has 3 aromatic rings. The van der Waals surface area contributed by atoms with Gasteiger partial charge in [0.05, 0.1) is 36.8 Å². The highest BCUT2D eigenvalue weighted by Crippen LogP contribution is 2.35. The summed E-state index contributed by atoms with van der Waals surface area (Å²) in [6.45, 7) is 17.4. The van der Waals surface area contributed by atoms with Crippen molar-refractivity contribution in [2.45, 2.75) is 44.9 Å². The molecule has 1 saturated heterocycles. The Kier molecular flexibility index (Phi) is 7.70. The number of aryl methyl sites for hydroxylation is 1. The summed E-state index contributed by atoms with van der Waals surface area (Å²) in [5.41, 5.74) is 4.33. The molecular formula is C31H35N7O3. The van der Waals surface area contributed by atoms with E-state index >= 15 is 0 Å². The van der Waals surface area contributed by atoms with Gasteiger partial charge in [-0.05, 0) is 37.8 Å². The average molecular weight is 554 g/mol. The van der Waals surface area contributed by atoms with Crippen molar-refractivity contribution >= 4 is 28.2 Å². The summed E-state index contributed by atoms with van der Waals surface area (Å²) in [6, 6.07) is 6.39. The van der Waals surface area contributed by atoms with Crippen LogP contribution in [0.15, 0.2) is 43.2 Å². The van der Waals surface area contributed by atoms with Gasteiger partial charge in [-0.1, -0.05) is 24.8 Å². The van der Waals surface area contributed by atoms with E-state index in [1.165, 1.54) is 17.0 Å². The molecule has 0 spiro atoms. The Balaban J connectivity index is 1.31. The van der Waals surface area contributed by atoms with Crippen LogP contribution in [0.5, 0.6) is 6.01 Å². The molecule has 10 nitrogen and oxygen atoms in total. The SMILES string of the molecule is [C-]#[N+]C[C@H]1CN(c2nc(OCCOC3CC3)nc3c2CCN(c2cncc4cccc(C)c24)C3)CCN1C(=O)C=C. The Bertz CT molecular complexity index is 1490. The Morgan fingerprint density at radius 3 is 2.85 bits per heavy atom. The van der Waals surface area contributed by atoms with Crippen molar-refractivity contribution in [3.63, 3.8) is 0 Å². The summed E-state index contributed by atoms with van der Waals surface area (Å²) < 4.78 is 11.8. The molecule has 41 heavy (non-hydrogen) atoms. The first-order valence-electron chi connectivity index (χ1n) is 14.3. The number of benzene rings is 1. The molecule has 2 aliphatic heterocycles. The molecule has 1 atom stereocenters. The molecule has 1 aliphatic carbocycles. The fourth-order valence-electron chi connectivity index (χ4n) is 5.86. The second kappa shape index (κ2) is 11.7. The lowest BCUT2D eigenvalue weighted by Gasteiger charge is -2.41. The zero-order valence-electron chi connectivity index (χ0n) is 23.5. The van der Waals surface area contributed by atoms with Crippen LogP contribution in [0.4, 0.5) is 11.5 Å². The summed E-state index contributed by atoms with van der Waals surface area (Å²) in [5.74, 6) is 0.693. The molecule has 6 rings (SSSR count). The molecule has 3 aliphatic rings. The summed E-state index contributed by atoms with van der Waals surface area (Å²) in [7, 11) is 0. The van der Waals surface area contributed by atoms with E-state index in [9.17, 15) is 4.79 Å². The second-order valence-electron chi connectivity index (χ2n) is 10.9. The molecule has 4 heterocycles. The molecule has 212 valence electrons. The average Bonchev–Trinajstić information content (AvgIpc) is 3.83. The van der Waals surface area contributed by atoms with Crippen LogP contribution >= 0.6 is 0 Å². The predicted octanol–water partition coefficient (Wildman–Crippen LogP) is 3.58. The quantitative estimate of drug-likeness (QED) is 0.226. The highest BCUT2D eigenvalue weighted by molar-refractivity contribution is 5.96. The van der Waals surface area contributed by atoms with Gasteiger partial charge in [-0.15, -0.1) is 0 Å². The summed E-state index contributed by atoms with van der Waals surface area (Å²) >= 11 is 0. The van der Waals surface area contributed by atoms with Crippen molar-refractivity contribution < 1.29 is 14.3 Å². The van der Waals surface area contributed by atoms with Crippen LogP contribution in [0.3, 0.4) is 0 Å². The van der Waals surface area contributed by atoms with Crippen molar-refractivity contribution in [2.24, 2.45) is 0 Å². The fraction of sp³-hybridized carbons (Fsp3) is 0.452. The zero-order valence-corrected chi connectivity index (χ0v) is 23.5. The van der Waals surface area contributed by atoms with Gasteiger partial charge in [0.2, 0.25) is 12.5 Å². The monoisotopic (exact) mass is 553 g/mol. The van der Waals surface area contributed by atoms with E-state index < -0.39 is 0 Å². The Labute approximate surface area is 240 Å². The maximum atomic E-state index is 12.5. The van der Waals surface area contributed by atoms with Gasteiger partial charge in [0, 0.05) is 48.7 Å². The Hall–Kier alpha value is -4.23. The predicted molar refractivity (Wildman–Crippen MR) is 157 cm³/mol. The number of hydrogen-bond donors (Lipinski definition) is 0. The molecule has 0 radical (unpaired) electrons. The van der Waals surface area contributed by atoms with E-state index in [4.69, 9.17) is 26.0 Å². The van der Waals surface area contributed by atoms with Gasteiger partial charge >= 0.3 is 6.01 Å². The minimum absolute atomic E-state index is 0.141. The lowest BCUT2D eigenvalue weighted by Crippen LogP contribution is -2.56. The van der Waals surface area contributed by atoms with Crippen LogP contribution in [0.1, 0.15) is 29.7 Å². The number of rotatable bonds is 9.